The van der Waals surface area contributed by atoms with Gasteiger partial charge in [0.2, 0.25) is 5.91 Å². The second kappa shape index (κ2) is 5.82. The van der Waals surface area contributed by atoms with E-state index in [1.54, 1.807) is 6.20 Å². The summed E-state index contributed by atoms with van der Waals surface area (Å²) in [5.74, 6) is 0.118. The molecule has 0 spiro atoms. The first-order valence-electron chi connectivity index (χ1n) is 7.61. The first-order valence-corrected chi connectivity index (χ1v) is 7.61. The predicted octanol–water partition coefficient (Wildman–Crippen LogP) is 2.95. The topological polar surface area (TPSA) is 54.0 Å². The van der Waals surface area contributed by atoms with Crippen molar-refractivity contribution < 1.29 is 4.79 Å². The Labute approximate surface area is 125 Å². The van der Waals surface area contributed by atoms with Crippen LogP contribution >= 0.6 is 0 Å². The van der Waals surface area contributed by atoms with Gasteiger partial charge in [0.05, 0.1) is 16.6 Å². The molecule has 1 saturated heterocycles. The van der Waals surface area contributed by atoms with Crippen molar-refractivity contribution in [2.75, 3.05) is 18.4 Å². The number of nitrogens with one attached hydrogen (secondary N) is 2. The quantitative estimate of drug-likeness (QED) is 0.907. The molecule has 2 heterocycles. The largest absolute Gasteiger partial charge is 0.324 e. The molecule has 2 aromatic rings. The normalized spacial score (nSPS) is 21.6. The Bertz CT molecular complexity index is 642. The van der Waals surface area contributed by atoms with Gasteiger partial charge in [0, 0.05) is 18.1 Å². The van der Waals surface area contributed by atoms with Crippen molar-refractivity contribution in [2.24, 2.45) is 5.41 Å². The highest BCUT2D eigenvalue weighted by Gasteiger charge is 2.40. The smallest absolute Gasteiger partial charge is 0.231 e. The lowest BCUT2D eigenvalue weighted by molar-refractivity contribution is -0.125. The Morgan fingerprint density at radius 1 is 1.38 bits per heavy atom. The summed E-state index contributed by atoms with van der Waals surface area (Å²) in [6, 6.07) is 9.82. The molecule has 4 heteroatoms. The Kier molecular flexibility index (Phi) is 3.88. The van der Waals surface area contributed by atoms with Crippen LogP contribution < -0.4 is 10.6 Å². The molecule has 21 heavy (non-hydrogen) atoms. The fourth-order valence-corrected chi connectivity index (χ4v) is 3.20. The molecule has 4 nitrogen and oxygen atoms in total. The minimum absolute atomic E-state index is 0.118. The molecule has 1 aromatic carbocycles. The third kappa shape index (κ3) is 2.63. The van der Waals surface area contributed by atoms with Crippen LogP contribution in [0, 0.1) is 5.41 Å². The number of carbonyl (C=O) groups is 1. The van der Waals surface area contributed by atoms with Crippen molar-refractivity contribution in [3.63, 3.8) is 0 Å². The van der Waals surface area contributed by atoms with E-state index in [1.165, 1.54) is 0 Å². The van der Waals surface area contributed by atoms with E-state index in [0.717, 1.165) is 48.9 Å². The molecule has 1 atom stereocenters. The van der Waals surface area contributed by atoms with Crippen LogP contribution in [0.5, 0.6) is 0 Å². The molecule has 1 fully saturated rings. The first-order chi connectivity index (χ1) is 10.2. The van der Waals surface area contributed by atoms with Gasteiger partial charge in [0.25, 0.3) is 0 Å². The highest BCUT2D eigenvalue weighted by Crippen LogP contribution is 2.33. The minimum atomic E-state index is -0.272. The second-order valence-corrected chi connectivity index (χ2v) is 5.79. The van der Waals surface area contributed by atoms with E-state index >= 15 is 0 Å². The summed E-state index contributed by atoms with van der Waals surface area (Å²) in [4.78, 5) is 17.2. The number of aromatic nitrogens is 1. The van der Waals surface area contributed by atoms with Crippen LogP contribution in [0.4, 0.5) is 5.69 Å². The van der Waals surface area contributed by atoms with Crippen LogP contribution in [0.2, 0.25) is 0 Å². The SMILES string of the molecule is CCCC1(C(=O)Nc2cccc3cccnc23)CCNC1. The number of carbonyl (C=O) groups excluding carboxylic acids is 1. The zero-order chi connectivity index (χ0) is 14.7. The van der Waals surface area contributed by atoms with Gasteiger partial charge in [0.1, 0.15) is 0 Å². The molecule has 1 aromatic heterocycles. The highest BCUT2D eigenvalue weighted by atomic mass is 16.2. The molecule has 1 unspecified atom stereocenters. The van der Waals surface area contributed by atoms with Gasteiger partial charge in [-0.2, -0.15) is 0 Å². The van der Waals surface area contributed by atoms with Crippen molar-refractivity contribution in [1.29, 1.82) is 0 Å². The Hall–Kier alpha value is -1.94. The summed E-state index contributed by atoms with van der Waals surface area (Å²) in [7, 11) is 0. The number of fused-ring (bicyclic) bond motifs is 1. The van der Waals surface area contributed by atoms with Crippen LogP contribution in [0.15, 0.2) is 36.5 Å². The second-order valence-electron chi connectivity index (χ2n) is 5.79. The molecular formula is C17H21N3O. The molecule has 3 rings (SSSR count). The maximum Gasteiger partial charge on any atom is 0.231 e. The number of amides is 1. The standard InChI is InChI=1S/C17H21N3O/c1-2-8-17(9-11-18-12-17)16(21)20-14-7-3-5-13-6-4-10-19-15(13)14/h3-7,10,18H,2,8-9,11-12H2,1H3,(H,20,21). The number of hydrogen-bond acceptors (Lipinski definition) is 3. The molecule has 0 saturated carbocycles. The third-order valence-electron chi connectivity index (χ3n) is 4.33. The van der Waals surface area contributed by atoms with Gasteiger partial charge in [-0.15, -0.1) is 0 Å². The molecule has 0 bridgehead atoms. The van der Waals surface area contributed by atoms with Gasteiger partial charge in [0.15, 0.2) is 0 Å². The van der Waals surface area contributed by atoms with Crippen molar-refractivity contribution in [3.8, 4) is 0 Å². The lowest BCUT2D eigenvalue weighted by Crippen LogP contribution is -2.38. The fraction of sp³-hybridized carbons (Fsp3) is 0.412. The number of anilines is 1. The molecule has 1 amide bonds. The van der Waals surface area contributed by atoms with E-state index in [1.807, 2.05) is 30.3 Å². The van der Waals surface area contributed by atoms with E-state index in [4.69, 9.17) is 0 Å². The predicted molar refractivity (Wildman–Crippen MR) is 85.2 cm³/mol. The molecule has 110 valence electrons. The summed E-state index contributed by atoms with van der Waals surface area (Å²) < 4.78 is 0. The van der Waals surface area contributed by atoms with Gasteiger partial charge in [-0.1, -0.05) is 31.5 Å². The van der Waals surface area contributed by atoms with Gasteiger partial charge >= 0.3 is 0 Å². The number of para-hydroxylation sites is 1. The first kappa shape index (κ1) is 14.0. The van der Waals surface area contributed by atoms with Gasteiger partial charge in [-0.25, -0.2) is 0 Å². The van der Waals surface area contributed by atoms with Crippen molar-refractivity contribution in [3.05, 3.63) is 36.5 Å². The van der Waals surface area contributed by atoms with Gasteiger partial charge in [-0.05, 0) is 31.5 Å². The molecule has 0 aliphatic carbocycles. The van der Waals surface area contributed by atoms with E-state index < -0.39 is 0 Å². The third-order valence-corrected chi connectivity index (χ3v) is 4.33. The van der Waals surface area contributed by atoms with Crippen LogP contribution in [0.3, 0.4) is 0 Å². The molecule has 1 aliphatic heterocycles. The lowest BCUT2D eigenvalue weighted by Gasteiger charge is -2.26. The van der Waals surface area contributed by atoms with Crippen LogP contribution in [-0.2, 0) is 4.79 Å². The lowest BCUT2D eigenvalue weighted by atomic mass is 9.81. The van der Waals surface area contributed by atoms with Crippen molar-refractivity contribution >= 4 is 22.5 Å². The van der Waals surface area contributed by atoms with E-state index in [2.05, 4.69) is 22.5 Å². The maximum atomic E-state index is 12.8. The van der Waals surface area contributed by atoms with Crippen LogP contribution in [0.25, 0.3) is 10.9 Å². The Balaban J connectivity index is 1.89. The van der Waals surface area contributed by atoms with Crippen molar-refractivity contribution in [2.45, 2.75) is 26.2 Å². The van der Waals surface area contributed by atoms with E-state index in [0.29, 0.717) is 0 Å². The summed E-state index contributed by atoms with van der Waals surface area (Å²) in [5.41, 5.74) is 1.39. The van der Waals surface area contributed by atoms with Crippen molar-refractivity contribution in [1.82, 2.24) is 10.3 Å². The van der Waals surface area contributed by atoms with Crippen LogP contribution in [-0.4, -0.2) is 24.0 Å². The zero-order valence-corrected chi connectivity index (χ0v) is 12.4. The average molecular weight is 283 g/mol. The van der Waals surface area contributed by atoms with Gasteiger partial charge < -0.3 is 10.6 Å². The summed E-state index contributed by atoms with van der Waals surface area (Å²) in [5, 5.41) is 7.48. The molecular weight excluding hydrogens is 262 g/mol. The minimum Gasteiger partial charge on any atom is -0.324 e. The van der Waals surface area contributed by atoms with Gasteiger partial charge in [-0.3, -0.25) is 9.78 Å². The van der Waals surface area contributed by atoms with E-state index in [9.17, 15) is 4.79 Å². The number of benzene rings is 1. The fourth-order valence-electron chi connectivity index (χ4n) is 3.20. The van der Waals surface area contributed by atoms with E-state index in [-0.39, 0.29) is 11.3 Å². The maximum absolute atomic E-state index is 12.8. The number of nitrogens with zero attached hydrogens (tertiary/aromatic N) is 1. The summed E-state index contributed by atoms with van der Waals surface area (Å²) in [6.07, 6.45) is 4.61. The monoisotopic (exact) mass is 283 g/mol. The number of rotatable bonds is 4. The average Bonchev–Trinajstić information content (AvgIpc) is 2.98. The summed E-state index contributed by atoms with van der Waals surface area (Å²) in [6.45, 7) is 3.82. The Morgan fingerprint density at radius 2 is 2.24 bits per heavy atom. The Morgan fingerprint density at radius 3 is 3.00 bits per heavy atom. The number of pyridine rings is 1. The highest BCUT2D eigenvalue weighted by molar-refractivity contribution is 6.02. The number of hydrogen-bond donors (Lipinski definition) is 2. The molecule has 1 aliphatic rings. The summed E-state index contributed by atoms with van der Waals surface area (Å²) >= 11 is 0. The van der Waals surface area contributed by atoms with Crippen LogP contribution in [0.1, 0.15) is 26.2 Å². The molecule has 0 radical (unpaired) electrons. The molecule has 2 N–H and O–H groups in total. The zero-order valence-electron chi connectivity index (χ0n) is 12.4.